The lowest BCUT2D eigenvalue weighted by atomic mass is 10.2. The maximum atomic E-state index is 11.9. The smallest absolute Gasteiger partial charge is 0.303 e. The summed E-state index contributed by atoms with van der Waals surface area (Å²) in [6.45, 7) is 3.33. The lowest BCUT2D eigenvalue weighted by Gasteiger charge is -2.18. The minimum absolute atomic E-state index is 0.000300. The second-order valence-electron chi connectivity index (χ2n) is 4.68. The molecule has 2 N–H and O–H groups in total. The van der Waals surface area contributed by atoms with Crippen LogP contribution in [0.25, 0.3) is 0 Å². The molecule has 1 amide bonds. The van der Waals surface area contributed by atoms with Crippen molar-refractivity contribution >= 4 is 35.1 Å². The van der Waals surface area contributed by atoms with E-state index in [-0.39, 0.29) is 18.4 Å². The van der Waals surface area contributed by atoms with Crippen molar-refractivity contribution in [2.75, 3.05) is 0 Å². The number of hydrogen-bond donors (Lipinski definition) is 2. The Morgan fingerprint density at radius 2 is 2.00 bits per heavy atom. The Balaban J connectivity index is 2.52. The molecular weight excluding hydrogens is 317 g/mol. The molecule has 0 aromatic heterocycles. The molecule has 2 unspecified atom stereocenters. The normalized spacial score (nSPS) is 13.3. The lowest BCUT2D eigenvalue weighted by Crippen LogP contribution is -2.41. The van der Waals surface area contributed by atoms with E-state index in [0.717, 1.165) is 0 Å². The Bertz CT molecular complexity index is 522. The molecule has 0 heterocycles. The zero-order chi connectivity index (χ0) is 16.0. The number of carboxylic acids is 1. The summed E-state index contributed by atoms with van der Waals surface area (Å²) in [6.07, 6.45) is -0.397. The zero-order valence-corrected chi connectivity index (χ0v) is 13.2. The summed E-state index contributed by atoms with van der Waals surface area (Å²) in [4.78, 5) is 22.4. The van der Waals surface area contributed by atoms with E-state index < -0.39 is 12.1 Å². The number of benzene rings is 1. The van der Waals surface area contributed by atoms with Crippen LogP contribution in [0.15, 0.2) is 18.2 Å². The van der Waals surface area contributed by atoms with Crippen molar-refractivity contribution < 1.29 is 19.4 Å². The van der Waals surface area contributed by atoms with Crippen LogP contribution in [0.5, 0.6) is 5.75 Å². The van der Waals surface area contributed by atoms with Crippen molar-refractivity contribution in [3.8, 4) is 5.75 Å². The van der Waals surface area contributed by atoms with Gasteiger partial charge in [-0.05, 0) is 38.5 Å². The molecule has 0 saturated carbocycles. The Kier molecular flexibility index (Phi) is 6.78. The summed E-state index contributed by atoms with van der Waals surface area (Å²) < 4.78 is 5.47. The van der Waals surface area contributed by atoms with E-state index in [1.807, 2.05) is 0 Å². The first-order chi connectivity index (χ1) is 9.79. The van der Waals surface area contributed by atoms with Crippen molar-refractivity contribution in [3.63, 3.8) is 0 Å². The fraction of sp³-hybridized carbons (Fsp3) is 0.429. The van der Waals surface area contributed by atoms with Crippen LogP contribution >= 0.6 is 23.2 Å². The molecule has 0 fully saturated rings. The molecule has 2 atom stereocenters. The van der Waals surface area contributed by atoms with E-state index in [9.17, 15) is 9.59 Å². The Morgan fingerprint density at radius 3 is 2.57 bits per heavy atom. The van der Waals surface area contributed by atoms with E-state index in [4.69, 9.17) is 33.0 Å². The Morgan fingerprint density at radius 1 is 1.33 bits per heavy atom. The van der Waals surface area contributed by atoms with Gasteiger partial charge in [-0.1, -0.05) is 23.2 Å². The predicted octanol–water partition coefficient (Wildman–Crippen LogP) is 3.13. The zero-order valence-electron chi connectivity index (χ0n) is 11.7. The van der Waals surface area contributed by atoms with Gasteiger partial charge in [0.25, 0.3) is 5.91 Å². The number of nitrogens with one attached hydrogen (secondary N) is 1. The van der Waals surface area contributed by atoms with Crippen LogP contribution in [0.2, 0.25) is 10.0 Å². The van der Waals surface area contributed by atoms with Crippen LogP contribution in [-0.2, 0) is 9.59 Å². The quantitative estimate of drug-likeness (QED) is 0.803. The Labute approximate surface area is 133 Å². The van der Waals surface area contributed by atoms with Gasteiger partial charge in [0.1, 0.15) is 5.75 Å². The van der Waals surface area contributed by atoms with E-state index in [0.29, 0.717) is 22.2 Å². The maximum Gasteiger partial charge on any atom is 0.303 e. The van der Waals surface area contributed by atoms with Gasteiger partial charge in [-0.2, -0.15) is 0 Å². The highest BCUT2D eigenvalue weighted by molar-refractivity contribution is 6.35. The number of amides is 1. The van der Waals surface area contributed by atoms with Gasteiger partial charge in [0.15, 0.2) is 6.10 Å². The molecule has 1 aromatic rings. The van der Waals surface area contributed by atoms with Crippen molar-refractivity contribution in [2.24, 2.45) is 0 Å². The van der Waals surface area contributed by atoms with E-state index in [1.54, 1.807) is 26.0 Å². The number of rotatable bonds is 7. The van der Waals surface area contributed by atoms with Gasteiger partial charge in [-0.15, -0.1) is 0 Å². The van der Waals surface area contributed by atoms with Crippen LogP contribution in [-0.4, -0.2) is 29.1 Å². The first kappa shape index (κ1) is 17.6. The molecule has 0 aliphatic carbocycles. The molecule has 1 aromatic carbocycles. The average molecular weight is 334 g/mol. The molecule has 0 radical (unpaired) electrons. The van der Waals surface area contributed by atoms with Gasteiger partial charge in [0.2, 0.25) is 0 Å². The SMILES string of the molecule is CC(CCC(=O)O)NC(=O)C(C)Oc1ccc(Cl)cc1Cl. The third kappa shape index (κ3) is 6.23. The van der Waals surface area contributed by atoms with E-state index in [2.05, 4.69) is 5.32 Å². The highest BCUT2D eigenvalue weighted by Gasteiger charge is 2.18. The van der Waals surface area contributed by atoms with Crippen LogP contribution < -0.4 is 10.1 Å². The third-order valence-electron chi connectivity index (χ3n) is 2.75. The van der Waals surface area contributed by atoms with E-state index >= 15 is 0 Å². The van der Waals surface area contributed by atoms with Crippen molar-refractivity contribution in [2.45, 2.75) is 38.8 Å². The highest BCUT2D eigenvalue weighted by Crippen LogP contribution is 2.28. The number of halogens is 2. The fourth-order valence-corrected chi connectivity index (χ4v) is 2.04. The molecule has 21 heavy (non-hydrogen) atoms. The summed E-state index contributed by atoms with van der Waals surface area (Å²) in [6, 6.07) is 4.48. The largest absolute Gasteiger partial charge is 0.481 e. The summed E-state index contributed by atoms with van der Waals surface area (Å²) in [5, 5.41) is 12.1. The van der Waals surface area contributed by atoms with Gasteiger partial charge in [0.05, 0.1) is 5.02 Å². The lowest BCUT2D eigenvalue weighted by molar-refractivity contribution is -0.137. The third-order valence-corrected chi connectivity index (χ3v) is 3.28. The molecule has 0 bridgehead atoms. The Hall–Kier alpha value is -1.46. The van der Waals surface area contributed by atoms with Gasteiger partial charge >= 0.3 is 5.97 Å². The van der Waals surface area contributed by atoms with Crippen molar-refractivity contribution in [1.82, 2.24) is 5.32 Å². The molecule has 0 spiro atoms. The van der Waals surface area contributed by atoms with Gasteiger partial charge in [-0.3, -0.25) is 9.59 Å². The monoisotopic (exact) mass is 333 g/mol. The summed E-state index contributed by atoms with van der Waals surface area (Å²) in [5.41, 5.74) is 0. The molecular formula is C14H17Cl2NO4. The molecule has 0 aliphatic rings. The molecule has 0 aliphatic heterocycles. The second-order valence-corrected chi connectivity index (χ2v) is 5.52. The fourth-order valence-electron chi connectivity index (χ4n) is 1.59. The predicted molar refractivity (Wildman–Crippen MR) is 81.0 cm³/mol. The summed E-state index contributed by atoms with van der Waals surface area (Å²) in [7, 11) is 0. The van der Waals surface area contributed by atoms with Crippen LogP contribution in [0.1, 0.15) is 26.7 Å². The summed E-state index contributed by atoms with van der Waals surface area (Å²) in [5.74, 6) is -0.867. The topological polar surface area (TPSA) is 75.6 Å². The molecule has 5 nitrogen and oxygen atoms in total. The van der Waals surface area contributed by atoms with Crippen molar-refractivity contribution in [1.29, 1.82) is 0 Å². The van der Waals surface area contributed by atoms with Gasteiger partial charge < -0.3 is 15.2 Å². The van der Waals surface area contributed by atoms with E-state index in [1.165, 1.54) is 6.07 Å². The molecule has 0 saturated heterocycles. The second kappa shape index (κ2) is 8.10. The maximum absolute atomic E-state index is 11.9. The van der Waals surface area contributed by atoms with Crippen LogP contribution in [0, 0.1) is 0 Å². The van der Waals surface area contributed by atoms with Crippen LogP contribution in [0.3, 0.4) is 0 Å². The number of carbonyl (C=O) groups excluding carboxylic acids is 1. The van der Waals surface area contributed by atoms with Crippen molar-refractivity contribution in [3.05, 3.63) is 28.2 Å². The van der Waals surface area contributed by atoms with Gasteiger partial charge in [0, 0.05) is 17.5 Å². The number of ether oxygens (including phenoxy) is 1. The molecule has 1 rings (SSSR count). The summed E-state index contributed by atoms with van der Waals surface area (Å²) >= 11 is 11.7. The number of carboxylic acid groups (broad SMARTS) is 1. The number of aliphatic carboxylic acids is 1. The van der Waals surface area contributed by atoms with Gasteiger partial charge in [-0.25, -0.2) is 0 Å². The highest BCUT2D eigenvalue weighted by atomic mass is 35.5. The minimum Gasteiger partial charge on any atom is -0.481 e. The van der Waals surface area contributed by atoms with Crippen LogP contribution in [0.4, 0.5) is 0 Å². The first-order valence-electron chi connectivity index (χ1n) is 6.43. The minimum atomic E-state index is -0.895. The molecule has 7 heteroatoms. The molecule has 116 valence electrons. The standard InChI is InChI=1S/C14H17Cl2NO4/c1-8(3-6-13(18)19)17-14(20)9(2)21-12-5-4-10(15)7-11(12)16/h4-5,7-9H,3,6H2,1-2H3,(H,17,20)(H,18,19). The first-order valence-corrected chi connectivity index (χ1v) is 7.19. The average Bonchev–Trinajstić information content (AvgIpc) is 2.39. The number of carbonyl (C=O) groups is 2. The number of hydrogen-bond acceptors (Lipinski definition) is 3.